The van der Waals surface area contributed by atoms with Crippen LogP contribution in [0.15, 0.2) is 46.6 Å². The Balaban J connectivity index is 1.53. The standard InChI is InChI=1S/C38H44O8/c1-18(2)9-11-22-31-27(23-15-19(3)10-12-24(23)35(5,6)44-31)30(40)28-29(39)25-16-21-17-26-36(7,8)46-37(33(21)41,14-13-20(4)34(42)43)38(25,26)45-32(22)28/h9,13,15-16,21,23-24,26,40H,10-12,14,17H2,1-8H3,(H,42,43)/b20-13+/t21-,23-,24+,26+,37+,38-/m1/s1. The fourth-order valence-corrected chi connectivity index (χ4v) is 9.49. The highest BCUT2D eigenvalue weighted by molar-refractivity contribution is 6.18. The van der Waals surface area contributed by atoms with Gasteiger partial charge in [-0.1, -0.05) is 35.5 Å². The average Bonchev–Trinajstić information content (AvgIpc) is 3.11. The number of phenols is 1. The van der Waals surface area contributed by atoms with E-state index in [0.717, 1.165) is 18.4 Å². The maximum atomic E-state index is 15.0. The first-order valence-corrected chi connectivity index (χ1v) is 16.5. The Morgan fingerprint density at radius 2 is 1.74 bits per heavy atom. The molecule has 1 saturated heterocycles. The molecular formula is C38H44O8. The highest BCUT2D eigenvalue weighted by Crippen LogP contribution is 2.69. The number of carbonyl (C=O) groups is 3. The number of aromatic hydroxyl groups is 1. The molecule has 8 rings (SSSR count). The van der Waals surface area contributed by atoms with Gasteiger partial charge in [-0.05, 0) is 81.1 Å². The van der Waals surface area contributed by atoms with Crippen molar-refractivity contribution < 1.29 is 38.8 Å². The highest BCUT2D eigenvalue weighted by Gasteiger charge is 2.81. The number of carboxylic acid groups (broad SMARTS) is 1. The summed E-state index contributed by atoms with van der Waals surface area (Å²) in [4.78, 5) is 41.1. The second kappa shape index (κ2) is 9.69. The smallest absolute Gasteiger partial charge is 0.330 e. The van der Waals surface area contributed by atoms with Crippen LogP contribution in [-0.4, -0.2) is 50.2 Å². The third-order valence-electron chi connectivity index (χ3n) is 11.7. The van der Waals surface area contributed by atoms with Gasteiger partial charge in [-0.25, -0.2) is 4.79 Å². The summed E-state index contributed by atoms with van der Waals surface area (Å²) in [5.41, 5.74) is -0.435. The number of fused-ring (bicyclic) bond motifs is 4. The Kier molecular flexibility index (Phi) is 6.53. The van der Waals surface area contributed by atoms with E-state index >= 15 is 0 Å². The van der Waals surface area contributed by atoms with Gasteiger partial charge in [0.25, 0.3) is 0 Å². The molecule has 1 aromatic rings. The quantitative estimate of drug-likeness (QED) is 0.266. The number of ether oxygens (including phenoxy) is 3. The molecule has 2 fully saturated rings. The molecule has 244 valence electrons. The van der Waals surface area contributed by atoms with Crippen LogP contribution in [0.1, 0.15) is 108 Å². The zero-order valence-corrected chi connectivity index (χ0v) is 28.0. The fourth-order valence-electron chi connectivity index (χ4n) is 9.49. The molecule has 6 atom stereocenters. The largest absolute Gasteiger partial charge is 0.507 e. The fraction of sp³-hybridized carbons (Fsp3) is 0.553. The SMILES string of the molecule is CC(C)=CCc1c2c(c(O)c3c1OC(C)(C)[C@H]1CCC(C)=C[C@@H]31)C(=O)C1=C[C@@H]3C[C@H]4C(C)(C)O[C@@](C/C=C(\C)C(=O)O)(C3=O)[C@@]14O2. The van der Waals surface area contributed by atoms with E-state index in [1.165, 1.54) is 18.6 Å². The summed E-state index contributed by atoms with van der Waals surface area (Å²) in [6.45, 7) is 15.6. The minimum atomic E-state index is -1.62. The van der Waals surface area contributed by atoms with Crippen LogP contribution in [0, 0.1) is 17.8 Å². The molecule has 4 bridgehead atoms. The van der Waals surface area contributed by atoms with Crippen LogP contribution >= 0.6 is 0 Å². The first kappa shape index (κ1) is 31.0. The molecule has 4 aliphatic carbocycles. The molecule has 0 radical (unpaired) electrons. The van der Waals surface area contributed by atoms with Crippen LogP contribution in [-0.2, 0) is 20.7 Å². The van der Waals surface area contributed by atoms with Gasteiger partial charge in [-0.15, -0.1) is 0 Å². The monoisotopic (exact) mass is 628 g/mol. The lowest BCUT2D eigenvalue weighted by atomic mass is 9.51. The Labute approximate surface area is 270 Å². The third-order valence-corrected chi connectivity index (χ3v) is 11.7. The number of hydrogen-bond acceptors (Lipinski definition) is 7. The van der Waals surface area contributed by atoms with Gasteiger partial charge in [0.2, 0.25) is 0 Å². The van der Waals surface area contributed by atoms with Gasteiger partial charge >= 0.3 is 5.97 Å². The topological polar surface area (TPSA) is 119 Å². The predicted molar refractivity (Wildman–Crippen MR) is 171 cm³/mol. The van der Waals surface area contributed by atoms with Gasteiger partial charge in [0.15, 0.2) is 22.8 Å². The summed E-state index contributed by atoms with van der Waals surface area (Å²) < 4.78 is 20.8. The van der Waals surface area contributed by atoms with Crippen molar-refractivity contribution in [2.75, 3.05) is 0 Å². The summed E-state index contributed by atoms with van der Waals surface area (Å²) >= 11 is 0. The van der Waals surface area contributed by atoms with Crippen LogP contribution < -0.4 is 9.47 Å². The van der Waals surface area contributed by atoms with Gasteiger partial charge < -0.3 is 24.4 Å². The molecule has 3 heterocycles. The van der Waals surface area contributed by atoms with Crippen molar-refractivity contribution in [2.24, 2.45) is 17.8 Å². The molecule has 3 aliphatic heterocycles. The Morgan fingerprint density at radius 1 is 1.02 bits per heavy atom. The lowest BCUT2D eigenvalue weighted by Crippen LogP contribution is -2.72. The molecule has 46 heavy (non-hydrogen) atoms. The number of ketones is 2. The van der Waals surface area contributed by atoms with Crippen molar-refractivity contribution in [3.05, 3.63) is 63.3 Å². The number of carbonyl (C=O) groups excluding carboxylic acids is 2. The van der Waals surface area contributed by atoms with Crippen molar-refractivity contribution in [2.45, 2.75) is 116 Å². The number of allylic oxidation sites excluding steroid dienone is 5. The van der Waals surface area contributed by atoms with E-state index < -0.39 is 34.3 Å². The summed E-state index contributed by atoms with van der Waals surface area (Å²) in [5.74, 6) is -2.04. The normalized spacial score (nSPS) is 34.2. The van der Waals surface area contributed by atoms with Crippen molar-refractivity contribution in [3.8, 4) is 17.2 Å². The van der Waals surface area contributed by atoms with Crippen LogP contribution in [0.4, 0.5) is 0 Å². The molecule has 1 aromatic carbocycles. The second-order valence-electron chi connectivity index (χ2n) is 15.6. The molecule has 8 nitrogen and oxygen atoms in total. The minimum Gasteiger partial charge on any atom is -0.507 e. The molecule has 2 N–H and O–H groups in total. The van der Waals surface area contributed by atoms with Crippen molar-refractivity contribution in [1.29, 1.82) is 0 Å². The number of Topliss-reactive ketones (excluding diaryl/α,β-unsaturated/α-hetero) is 2. The van der Waals surface area contributed by atoms with E-state index in [1.807, 2.05) is 27.7 Å². The maximum Gasteiger partial charge on any atom is 0.330 e. The number of aliphatic carboxylic acids is 1. The van der Waals surface area contributed by atoms with E-state index in [4.69, 9.17) is 14.2 Å². The van der Waals surface area contributed by atoms with E-state index in [1.54, 1.807) is 6.08 Å². The van der Waals surface area contributed by atoms with E-state index in [9.17, 15) is 24.6 Å². The Bertz CT molecular complexity index is 1750. The molecule has 1 spiro atoms. The van der Waals surface area contributed by atoms with Crippen molar-refractivity contribution >= 4 is 17.5 Å². The van der Waals surface area contributed by atoms with Crippen LogP contribution in [0.25, 0.3) is 0 Å². The van der Waals surface area contributed by atoms with Crippen LogP contribution in [0.2, 0.25) is 0 Å². The van der Waals surface area contributed by atoms with Crippen LogP contribution in [0.5, 0.6) is 17.2 Å². The lowest BCUT2D eigenvalue weighted by molar-refractivity contribution is -0.171. The highest BCUT2D eigenvalue weighted by atomic mass is 16.6. The van der Waals surface area contributed by atoms with E-state index in [-0.39, 0.29) is 58.4 Å². The zero-order valence-electron chi connectivity index (χ0n) is 28.0. The van der Waals surface area contributed by atoms with Gasteiger partial charge in [-0.3, -0.25) is 9.59 Å². The minimum absolute atomic E-state index is 0.0576. The molecule has 8 heteroatoms. The molecule has 7 aliphatic rings. The first-order chi connectivity index (χ1) is 21.5. The first-order valence-electron chi connectivity index (χ1n) is 16.5. The van der Waals surface area contributed by atoms with Gasteiger partial charge in [0, 0.05) is 52.4 Å². The van der Waals surface area contributed by atoms with Gasteiger partial charge in [0.1, 0.15) is 28.4 Å². The summed E-state index contributed by atoms with van der Waals surface area (Å²) in [7, 11) is 0. The van der Waals surface area contributed by atoms with Crippen molar-refractivity contribution in [3.63, 3.8) is 0 Å². The molecule has 0 aromatic heterocycles. The van der Waals surface area contributed by atoms with Crippen molar-refractivity contribution in [1.82, 2.24) is 0 Å². The molecule has 1 saturated carbocycles. The zero-order chi connectivity index (χ0) is 33.3. The lowest BCUT2D eigenvalue weighted by Gasteiger charge is -2.56. The number of phenolic OH excluding ortho intramolecular Hbond substituents is 1. The number of rotatable bonds is 5. The third kappa shape index (κ3) is 3.85. The summed E-state index contributed by atoms with van der Waals surface area (Å²) in [6, 6.07) is 0. The molecule has 0 amide bonds. The number of carboxylic acids is 1. The Morgan fingerprint density at radius 3 is 2.41 bits per heavy atom. The summed E-state index contributed by atoms with van der Waals surface area (Å²) in [5, 5.41) is 21.8. The average molecular weight is 629 g/mol. The number of hydrogen-bond donors (Lipinski definition) is 2. The van der Waals surface area contributed by atoms with E-state index in [0.29, 0.717) is 35.3 Å². The summed E-state index contributed by atoms with van der Waals surface area (Å²) in [6.07, 6.45) is 10.1. The van der Waals surface area contributed by atoms with Crippen LogP contribution in [0.3, 0.4) is 0 Å². The van der Waals surface area contributed by atoms with Gasteiger partial charge in [-0.2, -0.15) is 0 Å². The molecule has 0 unspecified atom stereocenters. The van der Waals surface area contributed by atoms with Gasteiger partial charge in [0.05, 0.1) is 5.60 Å². The molecular weight excluding hydrogens is 584 g/mol. The predicted octanol–water partition coefficient (Wildman–Crippen LogP) is 6.94. The number of benzene rings is 1. The Hall–Kier alpha value is -3.65. The second-order valence-corrected chi connectivity index (χ2v) is 15.6. The van der Waals surface area contributed by atoms with E-state index in [2.05, 4.69) is 32.9 Å². The maximum absolute atomic E-state index is 15.0.